The van der Waals surface area contributed by atoms with Gasteiger partial charge < -0.3 is 10.5 Å². The molecule has 0 aliphatic carbocycles. The SMILES string of the molecule is COC(=O)C(N)c1cc(C)nc2ccccc12. The Bertz CT molecular complexity index is 566. The summed E-state index contributed by atoms with van der Waals surface area (Å²) in [5.41, 5.74) is 8.30. The lowest BCUT2D eigenvalue weighted by molar-refractivity contribution is -0.142. The van der Waals surface area contributed by atoms with E-state index >= 15 is 0 Å². The standard InChI is InChI=1S/C13H14N2O2/c1-8-7-10(12(14)13(16)17-2)9-5-3-4-6-11(9)15-8/h3-7,12H,14H2,1-2H3. The van der Waals surface area contributed by atoms with Crippen molar-refractivity contribution in [3.05, 3.63) is 41.6 Å². The lowest BCUT2D eigenvalue weighted by Crippen LogP contribution is -2.23. The van der Waals surface area contributed by atoms with Crippen LogP contribution in [0.3, 0.4) is 0 Å². The second-order valence-electron chi connectivity index (χ2n) is 3.87. The normalized spacial score (nSPS) is 12.4. The van der Waals surface area contributed by atoms with Crippen molar-refractivity contribution in [2.45, 2.75) is 13.0 Å². The molecule has 1 aromatic carbocycles. The fourth-order valence-electron chi connectivity index (χ4n) is 1.85. The van der Waals surface area contributed by atoms with E-state index in [1.807, 2.05) is 37.3 Å². The molecule has 2 rings (SSSR count). The highest BCUT2D eigenvalue weighted by Crippen LogP contribution is 2.23. The lowest BCUT2D eigenvalue weighted by Gasteiger charge is -2.13. The number of ether oxygens (including phenoxy) is 1. The number of nitrogens with zero attached hydrogens (tertiary/aromatic N) is 1. The summed E-state index contributed by atoms with van der Waals surface area (Å²) >= 11 is 0. The van der Waals surface area contributed by atoms with Gasteiger partial charge in [-0.15, -0.1) is 0 Å². The smallest absolute Gasteiger partial charge is 0.327 e. The number of nitrogens with two attached hydrogens (primary N) is 1. The molecule has 0 saturated heterocycles. The minimum atomic E-state index is -0.772. The van der Waals surface area contributed by atoms with Crippen molar-refractivity contribution in [1.29, 1.82) is 0 Å². The molecule has 2 aromatic rings. The van der Waals surface area contributed by atoms with Crippen LogP contribution in [0.15, 0.2) is 30.3 Å². The molecule has 0 fully saturated rings. The maximum absolute atomic E-state index is 11.5. The quantitative estimate of drug-likeness (QED) is 0.798. The first-order valence-corrected chi connectivity index (χ1v) is 5.33. The van der Waals surface area contributed by atoms with E-state index in [2.05, 4.69) is 9.72 Å². The molecular formula is C13H14N2O2. The van der Waals surface area contributed by atoms with Crippen LogP contribution in [0.25, 0.3) is 10.9 Å². The average molecular weight is 230 g/mol. The molecule has 1 atom stereocenters. The molecule has 2 N–H and O–H groups in total. The van der Waals surface area contributed by atoms with Crippen LogP contribution in [-0.4, -0.2) is 18.1 Å². The minimum Gasteiger partial charge on any atom is -0.468 e. The molecule has 0 spiro atoms. The molecule has 0 saturated carbocycles. The number of pyridine rings is 1. The first kappa shape index (κ1) is 11.5. The van der Waals surface area contributed by atoms with E-state index in [0.717, 1.165) is 22.2 Å². The van der Waals surface area contributed by atoms with Gasteiger partial charge in [-0.2, -0.15) is 0 Å². The molecule has 4 heteroatoms. The average Bonchev–Trinajstić information content (AvgIpc) is 2.35. The molecule has 17 heavy (non-hydrogen) atoms. The number of esters is 1. The summed E-state index contributed by atoms with van der Waals surface area (Å²) in [5, 5.41) is 0.885. The monoisotopic (exact) mass is 230 g/mol. The van der Waals surface area contributed by atoms with Crippen LogP contribution >= 0.6 is 0 Å². The number of carbonyl (C=O) groups excluding carboxylic acids is 1. The van der Waals surface area contributed by atoms with Gasteiger partial charge in [0.15, 0.2) is 0 Å². The van der Waals surface area contributed by atoms with Gasteiger partial charge in [-0.3, -0.25) is 9.78 Å². The van der Waals surface area contributed by atoms with Gasteiger partial charge in [0.25, 0.3) is 0 Å². The van der Waals surface area contributed by atoms with E-state index in [1.54, 1.807) is 0 Å². The van der Waals surface area contributed by atoms with Gasteiger partial charge in [0, 0.05) is 11.1 Å². The highest BCUT2D eigenvalue weighted by molar-refractivity contribution is 5.88. The van der Waals surface area contributed by atoms with Crippen molar-refractivity contribution in [3.8, 4) is 0 Å². The number of methoxy groups -OCH3 is 1. The summed E-state index contributed by atoms with van der Waals surface area (Å²) in [6.45, 7) is 1.87. The fourth-order valence-corrected chi connectivity index (χ4v) is 1.85. The number of fused-ring (bicyclic) bond motifs is 1. The Kier molecular flexibility index (Phi) is 3.06. The zero-order valence-electron chi connectivity index (χ0n) is 9.81. The highest BCUT2D eigenvalue weighted by atomic mass is 16.5. The summed E-state index contributed by atoms with van der Waals surface area (Å²) in [6, 6.07) is 8.65. The first-order valence-electron chi connectivity index (χ1n) is 5.33. The van der Waals surface area contributed by atoms with Crippen molar-refractivity contribution >= 4 is 16.9 Å². The molecule has 1 heterocycles. The molecule has 0 amide bonds. The molecule has 1 unspecified atom stereocenters. The van der Waals surface area contributed by atoms with Crippen LogP contribution in [0, 0.1) is 6.92 Å². The van der Waals surface area contributed by atoms with Gasteiger partial charge in [0.2, 0.25) is 0 Å². The third-order valence-corrected chi connectivity index (χ3v) is 2.67. The van der Waals surface area contributed by atoms with Gasteiger partial charge in [-0.25, -0.2) is 0 Å². The predicted octanol–water partition coefficient (Wildman–Crippen LogP) is 1.72. The van der Waals surface area contributed by atoms with Crippen LogP contribution in [0.1, 0.15) is 17.3 Å². The van der Waals surface area contributed by atoms with Crippen LogP contribution in [0.5, 0.6) is 0 Å². The number of benzene rings is 1. The van der Waals surface area contributed by atoms with Crippen molar-refractivity contribution in [2.75, 3.05) is 7.11 Å². The third kappa shape index (κ3) is 2.12. The molecule has 0 radical (unpaired) electrons. The minimum absolute atomic E-state index is 0.444. The number of aromatic nitrogens is 1. The summed E-state index contributed by atoms with van der Waals surface area (Å²) < 4.78 is 4.67. The Morgan fingerprint density at radius 2 is 2.12 bits per heavy atom. The zero-order chi connectivity index (χ0) is 12.4. The van der Waals surface area contributed by atoms with Gasteiger partial charge in [-0.1, -0.05) is 18.2 Å². The van der Waals surface area contributed by atoms with Crippen LogP contribution in [0.2, 0.25) is 0 Å². The number of hydrogen-bond acceptors (Lipinski definition) is 4. The number of para-hydroxylation sites is 1. The van der Waals surface area contributed by atoms with Crippen molar-refractivity contribution < 1.29 is 9.53 Å². The maximum Gasteiger partial charge on any atom is 0.327 e. The number of hydrogen-bond donors (Lipinski definition) is 1. The number of aryl methyl sites for hydroxylation is 1. The first-order chi connectivity index (χ1) is 8.13. The second kappa shape index (κ2) is 4.51. The van der Waals surface area contributed by atoms with E-state index in [9.17, 15) is 4.79 Å². The van der Waals surface area contributed by atoms with E-state index in [4.69, 9.17) is 5.73 Å². The van der Waals surface area contributed by atoms with Gasteiger partial charge >= 0.3 is 5.97 Å². The van der Waals surface area contributed by atoms with Crippen LogP contribution in [0.4, 0.5) is 0 Å². The van der Waals surface area contributed by atoms with E-state index in [0.29, 0.717) is 0 Å². The molecule has 0 aliphatic rings. The van der Waals surface area contributed by atoms with Crippen molar-refractivity contribution in [1.82, 2.24) is 4.98 Å². The van der Waals surface area contributed by atoms with Gasteiger partial charge in [-0.05, 0) is 24.6 Å². The van der Waals surface area contributed by atoms with Crippen molar-refractivity contribution in [2.24, 2.45) is 5.73 Å². The van der Waals surface area contributed by atoms with E-state index in [1.165, 1.54) is 7.11 Å². The third-order valence-electron chi connectivity index (χ3n) is 2.67. The Balaban J connectivity index is 2.63. The van der Waals surface area contributed by atoms with Crippen molar-refractivity contribution in [3.63, 3.8) is 0 Å². The number of rotatable bonds is 2. The Hall–Kier alpha value is -1.94. The molecular weight excluding hydrogens is 216 g/mol. The van der Waals surface area contributed by atoms with E-state index in [-0.39, 0.29) is 0 Å². The Morgan fingerprint density at radius 1 is 1.41 bits per heavy atom. The molecule has 88 valence electrons. The summed E-state index contributed by atoms with van der Waals surface area (Å²) in [7, 11) is 1.33. The molecule has 0 aliphatic heterocycles. The largest absolute Gasteiger partial charge is 0.468 e. The van der Waals surface area contributed by atoms with Crippen LogP contribution in [-0.2, 0) is 9.53 Å². The summed E-state index contributed by atoms with van der Waals surface area (Å²) in [6.07, 6.45) is 0. The molecule has 4 nitrogen and oxygen atoms in total. The molecule has 0 bridgehead atoms. The topological polar surface area (TPSA) is 65.2 Å². The zero-order valence-corrected chi connectivity index (χ0v) is 9.81. The summed E-state index contributed by atoms with van der Waals surface area (Å²) in [5.74, 6) is -0.444. The number of carbonyl (C=O) groups is 1. The van der Waals surface area contributed by atoms with Gasteiger partial charge in [0.05, 0.1) is 12.6 Å². The molecule has 1 aromatic heterocycles. The fraction of sp³-hybridized carbons (Fsp3) is 0.231. The second-order valence-corrected chi connectivity index (χ2v) is 3.87. The summed E-state index contributed by atoms with van der Waals surface area (Å²) in [4.78, 5) is 15.9. The Labute approximate surface area is 99.4 Å². The predicted molar refractivity (Wildman–Crippen MR) is 65.4 cm³/mol. The van der Waals surface area contributed by atoms with E-state index < -0.39 is 12.0 Å². The highest BCUT2D eigenvalue weighted by Gasteiger charge is 2.19. The van der Waals surface area contributed by atoms with Crippen LogP contribution < -0.4 is 5.73 Å². The maximum atomic E-state index is 11.5. The Morgan fingerprint density at radius 3 is 2.82 bits per heavy atom. The lowest BCUT2D eigenvalue weighted by atomic mass is 10.0. The van der Waals surface area contributed by atoms with Gasteiger partial charge in [0.1, 0.15) is 6.04 Å².